The van der Waals surface area contributed by atoms with Crippen molar-refractivity contribution in [3.05, 3.63) is 58.9 Å². The van der Waals surface area contributed by atoms with E-state index in [2.05, 4.69) is 29.2 Å². The van der Waals surface area contributed by atoms with Gasteiger partial charge in [-0.1, -0.05) is 30.3 Å². The van der Waals surface area contributed by atoms with Crippen LogP contribution < -0.4 is 4.74 Å². The van der Waals surface area contributed by atoms with E-state index in [4.69, 9.17) is 4.74 Å². The van der Waals surface area contributed by atoms with Crippen molar-refractivity contribution in [2.45, 2.75) is 45.6 Å². The van der Waals surface area contributed by atoms with Crippen LogP contribution in [0.4, 0.5) is 0 Å². The summed E-state index contributed by atoms with van der Waals surface area (Å²) in [7, 11) is 1.68. The van der Waals surface area contributed by atoms with Crippen molar-refractivity contribution in [3.8, 4) is 5.75 Å². The third-order valence-corrected chi connectivity index (χ3v) is 5.17. The van der Waals surface area contributed by atoms with Gasteiger partial charge >= 0.3 is 0 Å². The van der Waals surface area contributed by atoms with E-state index in [0.717, 1.165) is 42.0 Å². The fraction of sp³-hybridized carbons (Fsp3) is 0.429. The first-order valence-electron chi connectivity index (χ1n) is 8.92. The van der Waals surface area contributed by atoms with Crippen molar-refractivity contribution in [3.63, 3.8) is 0 Å². The molecule has 1 aliphatic rings. The van der Waals surface area contributed by atoms with Gasteiger partial charge in [0.15, 0.2) is 0 Å². The monoisotopic (exact) mass is 338 g/mol. The summed E-state index contributed by atoms with van der Waals surface area (Å²) in [6, 6.07) is 10.5. The summed E-state index contributed by atoms with van der Waals surface area (Å²) in [5.74, 6) is 1.55. The molecule has 25 heavy (non-hydrogen) atoms. The van der Waals surface area contributed by atoms with Gasteiger partial charge in [0.05, 0.1) is 19.3 Å². The summed E-state index contributed by atoms with van der Waals surface area (Å²) >= 11 is 0. The van der Waals surface area contributed by atoms with E-state index >= 15 is 0 Å². The zero-order valence-corrected chi connectivity index (χ0v) is 15.3. The lowest BCUT2D eigenvalue weighted by atomic mass is 9.92. The van der Waals surface area contributed by atoms with Crippen LogP contribution in [0.5, 0.6) is 5.75 Å². The van der Waals surface area contributed by atoms with E-state index in [1.807, 2.05) is 31.0 Å². The molecule has 4 heteroatoms. The van der Waals surface area contributed by atoms with E-state index in [-0.39, 0.29) is 5.91 Å². The number of pyridine rings is 1. The first-order chi connectivity index (χ1) is 12.1. The Hall–Kier alpha value is -2.36. The normalized spacial score (nSPS) is 18.1. The molecule has 1 aliphatic heterocycles. The van der Waals surface area contributed by atoms with E-state index in [0.29, 0.717) is 18.9 Å². The molecule has 4 nitrogen and oxygen atoms in total. The zero-order valence-electron chi connectivity index (χ0n) is 15.3. The first-order valence-corrected chi connectivity index (χ1v) is 8.92. The molecule has 0 N–H and O–H groups in total. The average molecular weight is 338 g/mol. The Balaban J connectivity index is 1.74. The number of hydrogen-bond donors (Lipinski definition) is 0. The smallest absolute Gasteiger partial charge is 0.222 e. The van der Waals surface area contributed by atoms with Crippen LogP contribution in [0.2, 0.25) is 0 Å². The van der Waals surface area contributed by atoms with Crippen LogP contribution in [-0.4, -0.2) is 29.4 Å². The van der Waals surface area contributed by atoms with E-state index in [1.165, 1.54) is 5.56 Å². The summed E-state index contributed by atoms with van der Waals surface area (Å²) in [5, 5.41) is 0. The molecule has 0 aliphatic carbocycles. The van der Waals surface area contributed by atoms with Gasteiger partial charge in [0.2, 0.25) is 5.91 Å². The molecule has 1 fully saturated rings. The molecular formula is C21H26N2O2. The number of benzene rings is 1. The lowest BCUT2D eigenvalue weighted by molar-refractivity contribution is -0.131. The van der Waals surface area contributed by atoms with Crippen LogP contribution in [0.1, 0.15) is 47.6 Å². The van der Waals surface area contributed by atoms with Gasteiger partial charge in [-0.25, -0.2) is 0 Å². The molecule has 1 aromatic carbocycles. The van der Waals surface area contributed by atoms with Crippen LogP contribution >= 0.6 is 0 Å². The van der Waals surface area contributed by atoms with Gasteiger partial charge in [-0.2, -0.15) is 0 Å². The molecule has 132 valence electrons. The number of nitrogens with zero attached hydrogens (tertiary/aromatic N) is 2. The summed E-state index contributed by atoms with van der Waals surface area (Å²) in [6.45, 7) is 5.34. The predicted octanol–water partition coefficient (Wildman–Crippen LogP) is 4.00. The van der Waals surface area contributed by atoms with Gasteiger partial charge in [0, 0.05) is 30.3 Å². The number of hydrogen-bond acceptors (Lipinski definition) is 3. The van der Waals surface area contributed by atoms with Crippen molar-refractivity contribution in [1.29, 1.82) is 0 Å². The van der Waals surface area contributed by atoms with E-state index in [9.17, 15) is 4.79 Å². The maximum absolute atomic E-state index is 12.6. The Morgan fingerprint density at radius 2 is 1.96 bits per heavy atom. The number of ether oxygens (including phenoxy) is 1. The molecular weight excluding hydrogens is 312 g/mol. The summed E-state index contributed by atoms with van der Waals surface area (Å²) in [5.41, 5.74) is 4.31. The standard InChI is InChI=1S/C21H26N2O2/c1-15-13-22-19(16(2)21(15)25-3)14-23-12-11-18(9-10-20(23)24)17-7-5-4-6-8-17/h4-8,13,18H,9-12,14H2,1-3H3. The van der Waals surface area contributed by atoms with Gasteiger partial charge in [0.1, 0.15) is 5.75 Å². The second-order valence-electron chi connectivity index (χ2n) is 6.80. The molecule has 2 aromatic rings. The molecule has 1 saturated heterocycles. The highest BCUT2D eigenvalue weighted by Crippen LogP contribution is 2.30. The number of amides is 1. The Bertz CT molecular complexity index is 743. The second kappa shape index (κ2) is 7.68. The fourth-order valence-corrected chi connectivity index (χ4v) is 3.67. The summed E-state index contributed by atoms with van der Waals surface area (Å²) in [4.78, 5) is 19.1. The van der Waals surface area contributed by atoms with Crippen molar-refractivity contribution in [1.82, 2.24) is 9.88 Å². The van der Waals surface area contributed by atoms with Crippen molar-refractivity contribution in [2.75, 3.05) is 13.7 Å². The highest BCUT2D eigenvalue weighted by atomic mass is 16.5. The number of aryl methyl sites for hydroxylation is 1. The molecule has 1 atom stereocenters. The molecule has 1 aromatic heterocycles. The lowest BCUT2D eigenvalue weighted by Gasteiger charge is -2.22. The molecule has 1 amide bonds. The summed E-state index contributed by atoms with van der Waals surface area (Å²) in [6.07, 6.45) is 4.35. The molecule has 0 spiro atoms. The Labute approximate surface area is 149 Å². The Kier molecular flexibility index (Phi) is 5.37. The molecule has 0 bridgehead atoms. The highest BCUT2D eigenvalue weighted by molar-refractivity contribution is 5.76. The number of rotatable bonds is 4. The second-order valence-corrected chi connectivity index (χ2v) is 6.80. The lowest BCUT2D eigenvalue weighted by Crippen LogP contribution is -2.30. The summed E-state index contributed by atoms with van der Waals surface area (Å²) < 4.78 is 5.49. The van der Waals surface area contributed by atoms with Crippen LogP contribution in [-0.2, 0) is 11.3 Å². The Morgan fingerprint density at radius 1 is 1.20 bits per heavy atom. The molecule has 1 unspecified atom stereocenters. The van der Waals surface area contributed by atoms with Crippen LogP contribution in [0.25, 0.3) is 0 Å². The van der Waals surface area contributed by atoms with Gasteiger partial charge in [-0.3, -0.25) is 9.78 Å². The van der Waals surface area contributed by atoms with Crippen LogP contribution in [0.3, 0.4) is 0 Å². The predicted molar refractivity (Wildman–Crippen MR) is 98.7 cm³/mol. The maximum Gasteiger partial charge on any atom is 0.222 e. The average Bonchev–Trinajstić information content (AvgIpc) is 2.81. The molecule has 3 rings (SSSR count). The van der Waals surface area contributed by atoms with E-state index in [1.54, 1.807) is 7.11 Å². The van der Waals surface area contributed by atoms with Gasteiger partial charge in [-0.05, 0) is 38.2 Å². The van der Waals surface area contributed by atoms with Crippen molar-refractivity contribution in [2.24, 2.45) is 0 Å². The number of carbonyl (C=O) groups excluding carboxylic acids is 1. The molecule has 0 radical (unpaired) electrons. The minimum atomic E-state index is 0.221. The fourth-order valence-electron chi connectivity index (χ4n) is 3.67. The molecule has 2 heterocycles. The topological polar surface area (TPSA) is 42.4 Å². The van der Waals surface area contributed by atoms with Crippen LogP contribution in [0.15, 0.2) is 36.5 Å². The molecule has 0 saturated carbocycles. The van der Waals surface area contributed by atoms with Gasteiger partial charge in [-0.15, -0.1) is 0 Å². The van der Waals surface area contributed by atoms with Gasteiger partial charge in [0.25, 0.3) is 0 Å². The number of carbonyl (C=O) groups is 1. The minimum Gasteiger partial charge on any atom is -0.496 e. The SMILES string of the molecule is COc1c(C)cnc(CN2CCC(c3ccccc3)CCC2=O)c1C. The highest BCUT2D eigenvalue weighted by Gasteiger charge is 2.24. The number of aromatic nitrogens is 1. The maximum atomic E-state index is 12.6. The van der Waals surface area contributed by atoms with Crippen molar-refractivity contribution < 1.29 is 9.53 Å². The van der Waals surface area contributed by atoms with Gasteiger partial charge < -0.3 is 9.64 Å². The number of likely N-dealkylation sites (tertiary alicyclic amines) is 1. The largest absolute Gasteiger partial charge is 0.496 e. The third kappa shape index (κ3) is 3.84. The number of methoxy groups -OCH3 is 1. The zero-order chi connectivity index (χ0) is 17.8. The third-order valence-electron chi connectivity index (χ3n) is 5.17. The minimum absolute atomic E-state index is 0.221. The van der Waals surface area contributed by atoms with Crippen molar-refractivity contribution >= 4 is 5.91 Å². The Morgan fingerprint density at radius 3 is 2.68 bits per heavy atom. The van der Waals surface area contributed by atoms with Crippen LogP contribution in [0, 0.1) is 13.8 Å². The van der Waals surface area contributed by atoms with E-state index < -0.39 is 0 Å². The first kappa shape index (κ1) is 17.5. The quantitative estimate of drug-likeness (QED) is 0.846.